The van der Waals surface area contributed by atoms with Gasteiger partial charge in [0.2, 0.25) is 0 Å². The van der Waals surface area contributed by atoms with Gasteiger partial charge >= 0.3 is 0 Å². The summed E-state index contributed by atoms with van der Waals surface area (Å²) in [7, 11) is 0. The van der Waals surface area contributed by atoms with Gasteiger partial charge in [-0.2, -0.15) is 0 Å². The highest BCUT2D eigenvalue weighted by atomic mass is 32.1. The molecule has 4 aromatic rings. The van der Waals surface area contributed by atoms with Crippen LogP contribution in [0.1, 0.15) is 34.9 Å². The molecule has 176 valence electrons. The fraction of sp³-hybridized carbons (Fsp3) is 0.345. The van der Waals surface area contributed by atoms with Gasteiger partial charge in [0.25, 0.3) is 0 Å². The van der Waals surface area contributed by atoms with Gasteiger partial charge in [-0.05, 0) is 62.0 Å². The predicted molar refractivity (Wildman–Crippen MR) is 140 cm³/mol. The Labute approximate surface area is 205 Å². The molecule has 0 saturated carbocycles. The lowest BCUT2D eigenvalue weighted by Gasteiger charge is -2.37. The molecule has 5 rings (SSSR count). The van der Waals surface area contributed by atoms with Crippen molar-refractivity contribution in [2.24, 2.45) is 5.92 Å². The van der Waals surface area contributed by atoms with Crippen molar-refractivity contribution in [3.05, 3.63) is 95.0 Å². The molecule has 1 saturated heterocycles. The highest BCUT2D eigenvalue weighted by Crippen LogP contribution is 2.38. The molecule has 1 N–H and O–H groups in total. The summed E-state index contributed by atoms with van der Waals surface area (Å²) in [6, 6.07) is 27.7. The maximum Gasteiger partial charge on any atom is 0.138 e. The summed E-state index contributed by atoms with van der Waals surface area (Å²) in [4.78, 5) is 6.91. The Bertz CT molecular complexity index is 1150. The zero-order chi connectivity index (χ0) is 23.3. The van der Waals surface area contributed by atoms with Gasteiger partial charge in [-0.3, -0.25) is 0 Å². The number of aliphatic hydroxyl groups is 1. The lowest BCUT2D eigenvalue weighted by atomic mass is 9.76. The van der Waals surface area contributed by atoms with E-state index in [4.69, 9.17) is 4.74 Å². The van der Waals surface area contributed by atoms with Gasteiger partial charge in [0.05, 0.1) is 15.2 Å². The monoisotopic (exact) mass is 472 g/mol. The fourth-order valence-corrected chi connectivity index (χ4v) is 6.10. The molecular weight excluding hydrogens is 440 g/mol. The van der Waals surface area contributed by atoms with E-state index in [2.05, 4.69) is 70.5 Å². The largest absolute Gasteiger partial charge is 0.489 e. The number of fused-ring (bicyclic) bond motifs is 1. The summed E-state index contributed by atoms with van der Waals surface area (Å²) < 4.78 is 7.06. The first-order chi connectivity index (χ1) is 16.7. The van der Waals surface area contributed by atoms with Gasteiger partial charge in [0, 0.05) is 12.5 Å². The average molecular weight is 473 g/mol. The number of likely N-dealkylation sites (tertiary alicyclic amines) is 1. The number of aromatic nitrogens is 1. The summed E-state index contributed by atoms with van der Waals surface area (Å²) in [5, 5.41) is 11.7. The van der Waals surface area contributed by atoms with Crippen molar-refractivity contribution in [3.63, 3.8) is 0 Å². The number of hydrogen-bond acceptors (Lipinski definition) is 5. The summed E-state index contributed by atoms with van der Waals surface area (Å²) in [6.45, 7) is 4.95. The van der Waals surface area contributed by atoms with Crippen LogP contribution in [0, 0.1) is 12.8 Å². The number of aliphatic hydroxyl groups excluding tert-OH is 1. The minimum atomic E-state index is -0.514. The van der Waals surface area contributed by atoms with Crippen LogP contribution < -0.4 is 4.74 Å². The Kier molecular flexibility index (Phi) is 7.24. The second-order valence-corrected chi connectivity index (χ2v) is 10.4. The van der Waals surface area contributed by atoms with E-state index in [-0.39, 0.29) is 0 Å². The predicted octanol–water partition coefficient (Wildman–Crippen LogP) is 5.89. The number of rotatable bonds is 8. The van der Waals surface area contributed by atoms with Gasteiger partial charge in [-0.25, -0.2) is 4.98 Å². The van der Waals surface area contributed by atoms with E-state index in [9.17, 15) is 5.11 Å². The molecule has 4 nitrogen and oxygen atoms in total. The third-order valence-corrected chi connectivity index (χ3v) is 7.81. The second kappa shape index (κ2) is 10.7. The van der Waals surface area contributed by atoms with Crippen molar-refractivity contribution in [1.82, 2.24) is 9.88 Å². The van der Waals surface area contributed by atoms with Crippen LogP contribution >= 0.6 is 11.3 Å². The van der Waals surface area contributed by atoms with Gasteiger partial charge in [-0.15, -0.1) is 11.3 Å². The third-order valence-electron chi connectivity index (χ3n) is 6.81. The maximum atomic E-state index is 10.7. The van der Waals surface area contributed by atoms with Crippen LogP contribution in [0.5, 0.6) is 5.75 Å². The summed E-state index contributed by atoms with van der Waals surface area (Å²) >= 11 is 1.64. The molecule has 0 bridgehead atoms. The summed E-state index contributed by atoms with van der Waals surface area (Å²) in [6.07, 6.45) is 1.74. The molecule has 1 aromatic heterocycles. The molecular formula is C29H32N2O2S. The van der Waals surface area contributed by atoms with Crippen LogP contribution in [0.2, 0.25) is 0 Å². The minimum Gasteiger partial charge on any atom is -0.489 e. The van der Waals surface area contributed by atoms with E-state index < -0.39 is 6.10 Å². The van der Waals surface area contributed by atoms with Crippen LogP contribution in [0.25, 0.3) is 10.2 Å². The van der Waals surface area contributed by atoms with Crippen molar-refractivity contribution in [3.8, 4) is 5.75 Å². The number of piperidine rings is 1. The summed E-state index contributed by atoms with van der Waals surface area (Å²) in [5.41, 5.74) is 3.75. The number of hydrogen-bond donors (Lipinski definition) is 1. The maximum absolute atomic E-state index is 10.7. The number of β-amino-alcohol motifs (C(OH)–C–C–N with tert-alkyl or cyclic N) is 1. The molecule has 34 heavy (non-hydrogen) atoms. The van der Waals surface area contributed by atoms with Crippen molar-refractivity contribution in [2.45, 2.75) is 31.8 Å². The fourth-order valence-electron chi connectivity index (χ4n) is 5.21. The molecule has 2 heterocycles. The molecule has 1 aliphatic heterocycles. The Morgan fingerprint density at radius 1 is 0.941 bits per heavy atom. The first kappa shape index (κ1) is 23.0. The van der Waals surface area contributed by atoms with Gasteiger partial charge in [-0.1, -0.05) is 66.7 Å². The van der Waals surface area contributed by atoms with Crippen LogP contribution in [-0.4, -0.2) is 47.3 Å². The lowest BCUT2D eigenvalue weighted by Crippen LogP contribution is -2.41. The number of nitrogens with zero attached hydrogens (tertiary/aromatic N) is 2. The Balaban J connectivity index is 1.17. The first-order valence-corrected chi connectivity index (χ1v) is 13.0. The number of benzene rings is 3. The van der Waals surface area contributed by atoms with Crippen molar-refractivity contribution >= 4 is 21.6 Å². The van der Waals surface area contributed by atoms with Crippen molar-refractivity contribution in [1.29, 1.82) is 0 Å². The third kappa shape index (κ3) is 5.33. The Morgan fingerprint density at radius 2 is 1.59 bits per heavy atom. The smallest absolute Gasteiger partial charge is 0.138 e. The quantitative estimate of drug-likeness (QED) is 0.347. The van der Waals surface area contributed by atoms with Gasteiger partial charge in [0.1, 0.15) is 18.5 Å². The number of aryl methyl sites for hydroxylation is 1. The highest BCUT2D eigenvalue weighted by molar-refractivity contribution is 7.18. The standard InChI is InChI=1S/C29H32N2O2S/c1-21-30-26-13-8-14-27(29(26)34-21)33-20-25(32)19-31-17-15-24(16-18-31)28(22-9-4-2-5-10-22)23-11-6-3-7-12-23/h2-14,24-25,28,32H,15-20H2,1H3. The highest BCUT2D eigenvalue weighted by Gasteiger charge is 2.29. The number of ether oxygens (including phenoxy) is 1. The number of thiazole rings is 1. The van der Waals surface area contributed by atoms with E-state index in [0.717, 1.165) is 46.9 Å². The normalized spacial score (nSPS) is 16.2. The second-order valence-electron chi connectivity index (χ2n) is 9.24. The molecule has 5 heteroatoms. The zero-order valence-electron chi connectivity index (χ0n) is 19.6. The Hall–Kier alpha value is -2.73. The molecule has 0 radical (unpaired) electrons. The van der Waals surface area contributed by atoms with Crippen LogP contribution in [0.15, 0.2) is 78.9 Å². The molecule has 0 amide bonds. The van der Waals surface area contributed by atoms with Crippen LogP contribution in [0.3, 0.4) is 0 Å². The topological polar surface area (TPSA) is 45.6 Å². The lowest BCUT2D eigenvalue weighted by molar-refractivity contribution is 0.0542. The van der Waals surface area contributed by atoms with E-state index in [0.29, 0.717) is 25.0 Å². The van der Waals surface area contributed by atoms with Gasteiger partial charge in [0.15, 0.2) is 0 Å². The molecule has 0 aliphatic carbocycles. The Morgan fingerprint density at radius 3 is 2.24 bits per heavy atom. The molecule has 1 fully saturated rings. The average Bonchev–Trinajstić information content (AvgIpc) is 3.26. The molecule has 1 unspecified atom stereocenters. The van der Waals surface area contributed by atoms with Crippen molar-refractivity contribution < 1.29 is 9.84 Å². The molecule has 1 aliphatic rings. The molecule has 3 aromatic carbocycles. The van der Waals surface area contributed by atoms with Crippen LogP contribution in [-0.2, 0) is 0 Å². The van der Waals surface area contributed by atoms with E-state index in [1.807, 2.05) is 25.1 Å². The molecule has 0 spiro atoms. The van der Waals surface area contributed by atoms with E-state index >= 15 is 0 Å². The van der Waals surface area contributed by atoms with E-state index in [1.165, 1.54) is 11.1 Å². The van der Waals surface area contributed by atoms with Crippen molar-refractivity contribution in [2.75, 3.05) is 26.2 Å². The zero-order valence-corrected chi connectivity index (χ0v) is 20.5. The first-order valence-electron chi connectivity index (χ1n) is 12.2. The minimum absolute atomic E-state index is 0.298. The van der Waals surface area contributed by atoms with Crippen LogP contribution in [0.4, 0.5) is 0 Å². The van der Waals surface area contributed by atoms with E-state index in [1.54, 1.807) is 11.3 Å². The molecule has 1 atom stereocenters. The SMILES string of the molecule is Cc1nc2cccc(OCC(O)CN3CCC(C(c4ccccc4)c4ccccc4)CC3)c2s1. The summed E-state index contributed by atoms with van der Waals surface area (Å²) in [5.74, 6) is 1.83. The van der Waals surface area contributed by atoms with Gasteiger partial charge < -0.3 is 14.7 Å².